The fourth-order valence-corrected chi connectivity index (χ4v) is 4.38. The molecule has 198 valence electrons. The van der Waals surface area contributed by atoms with E-state index in [4.69, 9.17) is 5.73 Å². The lowest BCUT2D eigenvalue weighted by Gasteiger charge is -2.18. The second-order valence-electron chi connectivity index (χ2n) is 9.47. The first-order valence-corrected chi connectivity index (χ1v) is 11.5. The number of carbonyl (C=O) groups excluding carboxylic acids is 2. The molecule has 3 heterocycles. The number of hydrogen-bond donors (Lipinski definition) is 2. The zero-order valence-corrected chi connectivity index (χ0v) is 20.2. The predicted molar refractivity (Wildman–Crippen MR) is 125 cm³/mol. The predicted octanol–water partition coefficient (Wildman–Crippen LogP) is 3.77. The van der Waals surface area contributed by atoms with Crippen LogP contribution in [0.3, 0.4) is 0 Å². The summed E-state index contributed by atoms with van der Waals surface area (Å²) in [7, 11) is 0. The molecule has 2 atom stereocenters. The molecule has 0 unspecified atom stereocenters. The number of rotatable bonds is 5. The van der Waals surface area contributed by atoms with Gasteiger partial charge in [0.25, 0.3) is 5.91 Å². The molecule has 4 rings (SSSR count). The van der Waals surface area contributed by atoms with Crippen molar-refractivity contribution < 1.29 is 31.5 Å². The van der Waals surface area contributed by atoms with Crippen molar-refractivity contribution in [3.8, 4) is 11.3 Å². The number of benzene rings is 1. The van der Waals surface area contributed by atoms with Crippen LogP contribution < -0.4 is 11.1 Å². The number of halogens is 5. The van der Waals surface area contributed by atoms with Gasteiger partial charge in [0, 0.05) is 24.1 Å². The molecule has 37 heavy (non-hydrogen) atoms. The molecule has 1 aromatic carbocycles. The molecule has 3 aromatic rings. The summed E-state index contributed by atoms with van der Waals surface area (Å²) >= 11 is 0. The number of aromatic nitrogens is 3. The summed E-state index contributed by atoms with van der Waals surface area (Å²) in [6.45, 7) is 4.81. The van der Waals surface area contributed by atoms with Crippen LogP contribution in [0.2, 0.25) is 0 Å². The number of nitrogens with one attached hydrogen (secondary N) is 1. The molecule has 0 bridgehead atoms. The maximum Gasteiger partial charge on any atom is 0.418 e. The van der Waals surface area contributed by atoms with Crippen LogP contribution in [0.4, 0.5) is 27.8 Å². The van der Waals surface area contributed by atoms with Crippen LogP contribution >= 0.6 is 0 Å². The Morgan fingerprint density at radius 1 is 1.22 bits per heavy atom. The molecular formula is C24H25F5N6O2. The van der Waals surface area contributed by atoms with Gasteiger partial charge in [-0.25, -0.2) is 18.3 Å². The lowest BCUT2D eigenvalue weighted by molar-refractivity contribution is -0.136. The zero-order chi connectivity index (χ0) is 27.2. The first-order valence-electron chi connectivity index (χ1n) is 11.5. The van der Waals surface area contributed by atoms with E-state index in [1.807, 2.05) is 13.8 Å². The summed E-state index contributed by atoms with van der Waals surface area (Å²) in [5.41, 5.74) is 3.53. The molecule has 0 aliphatic carbocycles. The summed E-state index contributed by atoms with van der Waals surface area (Å²) in [6, 6.07) is 1.91. The molecule has 2 amide bonds. The number of fused-ring (bicyclic) bond motifs is 1. The summed E-state index contributed by atoms with van der Waals surface area (Å²) in [5.74, 6) is -2.26. The number of alkyl halides is 4. The Balaban J connectivity index is 1.68. The van der Waals surface area contributed by atoms with Crippen LogP contribution in [0, 0.1) is 18.7 Å². The SMILES string of the molecule is Cc1c(F)cc(-c2cc(C(F)(F)F)c3c(N)ncnn23)cc1C(=O)N[C@@H]1CN(C(=O)CC(C)C)C[C@@H]1F. The van der Waals surface area contributed by atoms with Gasteiger partial charge in [0.2, 0.25) is 5.91 Å². The average molecular weight is 524 g/mol. The fourth-order valence-electron chi connectivity index (χ4n) is 4.38. The van der Waals surface area contributed by atoms with Crippen molar-refractivity contribution in [2.45, 2.75) is 45.6 Å². The van der Waals surface area contributed by atoms with Gasteiger partial charge in [0.1, 0.15) is 23.8 Å². The molecule has 1 saturated heterocycles. The molecule has 1 fully saturated rings. The Bertz CT molecular complexity index is 1370. The Labute approximate surface area is 208 Å². The number of nitrogen functional groups attached to an aromatic ring is 1. The van der Waals surface area contributed by atoms with Crippen molar-refractivity contribution in [1.29, 1.82) is 0 Å². The first kappa shape index (κ1) is 26.3. The summed E-state index contributed by atoms with van der Waals surface area (Å²) in [4.78, 5) is 30.3. The summed E-state index contributed by atoms with van der Waals surface area (Å²) < 4.78 is 71.4. The standard InChI is InChI=1S/C24H25F5N6O2/c1-11(2)4-20(36)34-8-17(26)18(9-34)33-23(37)14-5-13(6-16(25)12(14)3)19-7-15(24(27,28)29)21-22(30)31-10-32-35(19)21/h5-7,10-11,17-18H,4,8-9H2,1-3H3,(H,33,37)(H2,30,31,32)/t17-,18+/m0/s1. The minimum absolute atomic E-state index is 0.0475. The van der Waals surface area contributed by atoms with Crippen molar-refractivity contribution in [3.63, 3.8) is 0 Å². The number of likely N-dealkylation sites (tertiary alicyclic amines) is 1. The van der Waals surface area contributed by atoms with Crippen LogP contribution in [-0.4, -0.2) is 56.6 Å². The molecule has 1 aliphatic rings. The molecule has 0 saturated carbocycles. The normalized spacial score (nSPS) is 18.1. The van der Waals surface area contributed by atoms with E-state index in [9.17, 15) is 31.5 Å². The number of carbonyl (C=O) groups is 2. The van der Waals surface area contributed by atoms with Gasteiger partial charge in [0.15, 0.2) is 5.82 Å². The molecule has 0 spiro atoms. The van der Waals surface area contributed by atoms with Crippen molar-refractivity contribution in [3.05, 3.63) is 47.0 Å². The maximum absolute atomic E-state index is 14.9. The second kappa shape index (κ2) is 9.60. The van der Waals surface area contributed by atoms with Crippen LogP contribution in [-0.2, 0) is 11.0 Å². The van der Waals surface area contributed by atoms with E-state index in [1.165, 1.54) is 17.9 Å². The van der Waals surface area contributed by atoms with Gasteiger partial charge < -0.3 is 16.0 Å². The highest BCUT2D eigenvalue weighted by atomic mass is 19.4. The minimum Gasteiger partial charge on any atom is -0.382 e. The fraction of sp³-hybridized carbons (Fsp3) is 0.417. The molecule has 2 aromatic heterocycles. The number of hydrogen-bond acceptors (Lipinski definition) is 5. The van der Waals surface area contributed by atoms with Gasteiger partial charge in [-0.15, -0.1) is 0 Å². The molecule has 13 heteroatoms. The lowest BCUT2D eigenvalue weighted by atomic mass is 10.0. The van der Waals surface area contributed by atoms with E-state index in [2.05, 4.69) is 15.4 Å². The van der Waals surface area contributed by atoms with E-state index in [1.54, 1.807) is 0 Å². The van der Waals surface area contributed by atoms with Crippen molar-refractivity contribution in [1.82, 2.24) is 24.8 Å². The summed E-state index contributed by atoms with van der Waals surface area (Å²) in [6.07, 6.45) is -5.14. The van der Waals surface area contributed by atoms with E-state index in [-0.39, 0.29) is 53.7 Å². The number of amides is 2. The van der Waals surface area contributed by atoms with E-state index < -0.39 is 47.0 Å². The molecule has 1 aliphatic heterocycles. The molecule has 3 N–H and O–H groups in total. The smallest absolute Gasteiger partial charge is 0.382 e. The average Bonchev–Trinajstić information content (AvgIpc) is 3.37. The monoisotopic (exact) mass is 524 g/mol. The number of nitrogens with two attached hydrogens (primary N) is 1. The summed E-state index contributed by atoms with van der Waals surface area (Å²) in [5, 5.41) is 6.33. The molecule has 0 radical (unpaired) electrons. The van der Waals surface area contributed by atoms with E-state index >= 15 is 0 Å². The lowest BCUT2D eigenvalue weighted by Crippen LogP contribution is -2.42. The molecule has 8 nitrogen and oxygen atoms in total. The zero-order valence-electron chi connectivity index (χ0n) is 20.2. The van der Waals surface area contributed by atoms with Crippen molar-refractivity contribution in [2.24, 2.45) is 5.92 Å². The number of nitrogens with zero attached hydrogens (tertiary/aromatic N) is 4. The Morgan fingerprint density at radius 2 is 1.92 bits per heavy atom. The third-order valence-electron chi connectivity index (χ3n) is 6.27. The van der Waals surface area contributed by atoms with Crippen LogP contribution in [0.15, 0.2) is 24.5 Å². The first-order chi connectivity index (χ1) is 17.3. The van der Waals surface area contributed by atoms with Gasteiger partial charge in [-0.2, -0.15) is 18.3 Å². The Hall–Kier alpha value is -3.77. The third-order valence-corrected chi connectivity index (χ3v) is 6.27. The highest BCUT2D eigenvalue weighted by Gasteiger charge is 2.38. The molecular weight excluding hydrogens is 499 g/mol. The highest BCUT2D eigenvalue weighted by Crippen LogP contribution is 2.39. The van der Waals surface area contributed by atoms with Crippen LogP contribution in [0.1, 0.15) is 41.8 Å². The van der Waals surface area contributed by atoms with Crippen molar-refractivity contribution >= 4 is 23.1 Å². The third kappa shape index (κ3) is 5.07. The van der Waals surface area contributed by atoms with Gasteiger partial charge in [-0.1, -0.05) is 13.8 Å². The van der Waals surface area contributed by atoms with E-state index in [0.717, 1.165) is 23.0 Å². The largest absolute Gasteiger partial charge is 0.418 e. The van der Waals surface area contributed by atoms with Crippen molar-refractivity contribution in [2.75, 3.05) is 18.8 Å². The topological polar surface area (TPSA) is 106 Å². The van der Waals surface area contributed by atoms with E-state index in [0.29, 0.717) is 0 Å². The Morgan fingerprint density at radius 3 is 2.57 bits per heavy atom. The number of anilines is 1. The van der Waals surface area contributed by atoms with Gasteiger partial charge >= 0.3 is 6.18 Å². The van der Waals surface area contributed by atoms with Gasteiger partial charge in [-0.3, -0.25) is 9.59 Å². The van der Waals surface area contributed by atoms with Gasteiger partial charge in [-0.05, 0) is 36.6 Å². The Kier molecular flexibility index (Phi) is 6.82. The quantitative estimate of drug-likeness (QED) is 0.495. The minimum atomic E-state index is -4.80. The maximum atomic E-state index is 14.9. The highest BCUT2D eigenvalue weighted by molar-refractivity contribution is 5.97. The van der Waals surface area contributed by atoms with Crippen LogP contribution in [0.25, 0.3) is 16.8 Å². The van der Waals surface area contributed by atoms with Crippen LogP contribution in [0.5, 0.6) is 0 Å². The van der Waals surface area contributed by atoms with Gasteiger partial charge in [0.05, 0.1) is 23.8 Å². The second-order valence-corrected chi connectivity index (χ2v) is 9.47.